The van der Waals surface area contributed by atoms with Crippen molar-refractivity contribution in [1.29, 1.82) is 0 Å². The van der Waals surface area contributed by atoms with Crippen molar-refractivity contribution in [1.82, 2.24) is 9.80 Å². The van der Waals surface area contributed by atoms with Gasteiger partial charge in [0.2, 0.25) is 11.8 Å². The van der Waals surface area contributed by atoms with Crippen molar-refractivity contribution in [3.8, 4) is 0 Å². The molecule has 3 rings (SSSR count). The summed E-state index contributed by atoms with van der Waals surface area (Å²) in [6.45, 7) is 7.36. The number of carbonyl (C=O) groups is 4. The molecule has 4 amide bonds. The molecule has 2 aromatic carbocycles. The molecule has 0 atom stereocenters. The molecule has 0 aliphatic carbocycles. The molecule has 0 saturated heterocycles. The highest BCUT2D eigenvalue weighted by Gasteiger charge is 2.36. The van der Waals surface area contributed by atoms with Crippen LogP contribution in [-0.4, -0.2) is 59.6 Å². The van der Waals surface area contributed by atoms with Gasteiger partial charge in [0.15, 0.2) is 0 Å². The predicted molar refractivity (Wildman–Crippen MR) is 118 cm³/mol. The number of nitrogens with one attached hydrogen (secondary N) is 2. The lowest BCUT2D eigenvalue weighted by Crippen LogP contribution is -2.37. The van der Waals surface area contributed by atoms with Crippen LogP contribution < -0.4 is 10.6 Å². The number of nitrogens with zero attached hydrogens (tertiary/aromatic N) is 2. The molecule has 2 aromatic rings. The fourth-order valence-electron chi connectivity index (χ4n) is 3.45. The molecule has 0 fully saturated rings. The van der Waals surface area contributed by atoms with Gasteiger partial charge in [0.25, 0.3) is 11.8 Å². The van der Waals surface area contributed by atoms with Crippen LogP contribution in [0.5, 0.6) is 0 Å². The lowest BCUT2D eigenvalue weighted by atomic mass is 10.1. The van der Waals surface area contributed by atoms with Crippen molar-refractivity contribution < 1.29 is 19.2 Å². The summed E-state index contributed by atoms with van der Waals surface area (Å²) in [5.74, 6) is -1.53. The van der Waals surface area contributed by atoms with Crippen LogP contribution >= 0.6 is 0 Å². The van der Waals surface area contributed by atoms with Crippen LogP contribution in [0.25, 0.3) is 0 Å². The summed E-state index contributed by atoms with van der Waals surface area (Å²) in [5.41, 5.74) is 2.57. The van der Waals surface area contributed by atoms with E-state index in [-0.39, 0.29) is 12.5 Å². The lowest BCUT2D eigenvalue weighted by Gasteiger charge is -2.18. The highest BCUT2D eigenvalue weighted by atomic mass is 16.2. The molecule has 31 heavy (non-hydrogen) atoms. The molecule has 1 aliphatic rings. The van der Waals surface area contributed by atoms with Crippen LogP contribution in [-0.2, 0) is 9.59 Å². The third kappa shape index (κ3) is 4.97. The molecule has 0 spiro atoms. The van der Waals surface area contributed by atoms with Crippen LogP contribution in [0.4, 0.5) is 11.4 Å². The first-order valence-electron chi connectivity index (χ1n) is 10.2. The molecule has 1 aliphatic heterocycles. The van der Waals surface area contributed by atoms with Gasteiger partial charge in [-0.25, -0.2) is 0 Å². The number of carbonyl (C=O) groups excluding carboxylic acids is 4. The Morgan fingerprint density at radius 3 is 2.06 bits per heavy atom. The largest absolute Gasteiger partial charge is 0.325 e. The van der Waals surface area contributed by atoms with Gasteiger partial charge in [0, 0.05) is 11.4 Å². The average Bonchev–Trinajstić information content (AvgIpc) is 2.99. The molecule has 0 unspecified atom stereocenters. The first-order chi connectivity index (χ1) is 14.8. The van der Waals surface area contributed by atoms with Crippen molar-refractivity contribution in [2.45, 2.75) is 20.8 Å². The normalized spacial score (nSPS) is 12.8. The summed E-state index contributed by atoms with van der Waals surface area (Å²) >= 11 is 0. The van der Waals surface area contributed by atoms with E-state index in [2.05, 4.69) is 10.6 Å². The third-order valence-electron chi connectivity index (χ3n) is 5.23. The number of hydrogen-bond donors (Lipinski definition) is 2. The van der Waals surface area contributed by atoms with Crippen LogP contribution in [0.3, 0.4) is 0 Å². The highest BCUT2D eigenvalue weighted by Crippen LogP contribution is 2.23. The molecule has 8 heteroatoms. The number of aryl methyl sites for hydroxylation is 1. The molecule has 0 saturated carbocycles. The topological polar surface area (TPSA) is 98.8 Å². The van der Waals surface area contributed by atoms with Gasteiger partial charge in [0.05, 0.1) is 17.7 Å². The quantitative estimate of drug-likeness (QED) is 0.637. The Kier molecular flexibility index (Phi) is 6.81. The fourth-order valence-corrected chi connectivity index (χ4v) is 3.45. The summed E-state index contributed by atoms with van der Waals surface area (Å²) in [6, 6.07) is 11.6. The Balaban J connectivity index is 1.60. The third-order valence-corrected chi connectivity index (χ3v) is 5.23. The van der Waals surface area contributed by atoms with Crippen molar-refractivity contribution in [3.05, 3.63) is 59.2 Å². The number of fused-ring (bicyclic) bond motifs is 1. The molecule has 0 radical (unpaired) electrons. The molecule has 0 aromatic heterocycles. The Bertz CT molecular complexity index is 995. The van der Waals surface area contributed by atoms with Crippen LogP contribution in [0, 0.1) is 6.92 Å². The number of benzene rings is 2. The minimum atomic E-state index is -0.479. The fraction of sp³-hybridized carbons (Fsp3) is 0.304. The predicted octanol–water partition coefficient (Wildman–Crippen LogP) is 2.51. The maximum Gasteiger partial charge on any atom is 0.262 e. The highest BCUT2D eigenvalue weighted by molar-refractivity contribution is 6.22. The molecule has 8 nitrogen and oxygen atoms in total. The zero-order valence-electron chi connectivity index (χ0n) is 17.9. The van der Waals surface area contributed by atoms with E-state index in [1.807, 2.05) is 25.7 Å². The van der Waals surface area contributed by atoms with Crippen LogP contribution in [0.15, 0.2) is 42.5 Å². The Labute approximate surface area is 181 Å². The van der Waals surface area contributed by atoms with Crippen molar-refractivity contribution in [3.63, 3.8) is 0 Å². The minimum Gasteiger partial charge on any atom is -0.325 e. The zero-order valence-corrected chi connectivity index (χ0v) is 17.9. The standard InChI is InChI=1S/C23H26N4O4/c1-4-26(5-2)13-20(28)25-19-11-10-16(12-15(19)3)24-21(29)14-27-22(30)17-8-6-7-9-18(17)23(27)31/h6-12H,4-5,13-14H2,1-3H3,(H,24,29)(H,25,28). The number of hydrogen-bond acceptors (Lipinski definition) is 5. The summed E-state index contributed by atoms with van der Waals surface area (Å²) in [6.07, 6.45) is 0. The van der Waals surface area contributed by atoms with E-state index in [1.165, 1.54) is 0 Å². The van der Waals surface area contributed by atoms with E-state index in [0.29, 0.717) is 29.0 Å². The van der Waals surface area contributed by atoms with E-state index < -0.39 is 17.7 Å². The second-order valence-corrected chi connectivity index (χ2v) is 7.33. The molecule has 0 bridgehead atoms. The van der Waals surface area contributed by atoms with Gasteiger partial charge in [-0.2, -0.15) is 0 Å². The Hall–Kier alpha value is -3.52. The van der Waals surface area contributed by atoms with Gasteiger partial charge in [-0.1, -0.05) is 26.0 Å². The Morgan fingerprint density at radius 1 is 0.903 bits per heavy atom. The molecular formula is C23H26N4O4. The first-order valence-corrected chi connectivity index (χ1v) is 10.2. The summed E-state index contributed by atoms with van der Waals surface area (Å²) < 4.78 is 0. The monoisotopic (exact) mass is 422 g/mol. The van der Waals surface area contributed by atoms with Gasteiger partial charge in [-0.3, -0.25) is 29.0 Å². The SMILES string of the molecule is CCN(CC)CC(=O)Nc1ccc(NC(=O)CN2C(=O)c3ccccc3C2=O)cc1C. The average molecular weight is 422 g/mol. The maximum atomic E-state index is 12.4. The molecule has 2 N–H and O–H groups in total. The zero-order chi connectivity index (χ0) is 22.5. The van der Waals surface area contributed by atoms with Crippen molar-refractivity contribution in [2.75, 3.05) is 36.8 Å². The lowest BCUT2D eigenvalue weighted by molar-refractivity contribution is -0.117. The van der Waals surface area contributed by atoms with Gasteiger partial charge in [-0.15, -0.1) is 0 Å². The first kappa shape index (κ1) is 22.2. The minimum absolute atomic E-state index is 0.103. The second-order valence-electron chi connectivity index (χ2n) is 7.33. The number of rotatable bonds is 8. The summed E-state index contributed by atoms with van der Waals surface area (Å²) in [5, 5.41) is 5.58. The molecular weight excluding hydrogens is 396 g/mol. The number of anilines is 2. The Morgan fingerprint density at radius 2 is 1.52 bits per heavy atom. The molecule has 1 heterocycles. The van der Waals surface area contributed by atoms with Crippen LogP contribution in [0.1, 0.15) is 40.1 Å². The number of imide groups is 1. The van der Waals surface area contributed by atoms with Crippen molar-refractivity contribution in [2.24, 2.45) is 0 Å². The van der Waals surface area contributed by atoms with E-state index in [1.54, 1.807) is 42.5 Å². The maximum absolute atomic E-state index is 12.4. The number of amides is 4. The summed E-state index contributed by atoms with van der Waals surface area (Å²) in [7, 11) is 0. The van der Waals surface area contributed by atoms with Gasteiger partial charge in [0.1, 0.15) is 6.54 Å². The van der Waals surface area contributed by atoms with Gasteiger partial charge < -0.3 is 10.6 Å². The van der Waals surface area contributed by atoms with E-state index >= 15 is 0 Å². The van der Waals surface area contributed by atoms with Gasteiger partial charge in [-0.05, 0) is 55.9 Å². The van der Waals surface area contributed by atoms with Crippen molar-refractivity contribution >= 4 is 35.0 Å². The molecule has 162 valence electrons. The smallest absolute Gasteiger partial charge is 0.262 e. The van der Waals surface area contributed by atoms with E-state index in [4.69, 9.17) is 0 Å². The summed E-state index contributed by atoms with van der Waals surface area (Å²) in [4.78, 5) is 52.4. The second kappa shape index (κ2) is 9.53. The van der Waals surface area contributed by atoms with E-state index in [0.717, 1.165) is 23.6 Å². The number of likely N-dealkylation sites (N-methyl/N-ethyl adjacent to an activating group) is 1. The van der Waals surface area contributed by atoms with E-state index in [9.17, 15) is 19.2 Å². The van der Waals surface area contributed by atoms with Gasteiger partial charge >= 0.3 is 0 Å². The van der Waals surface area contributed by atoms with Crippen LogP contribution in [0.2, 0.25) is 0 Å².